The first-order valence-electron chi connectivity index (χ1n) is 7.05. The van der Waals surface area contributed by atoms with E-state index >= 15 is 0 Å². The molecule has 0 spiro atoms. The van der Waals surface area contributed by atoms with Crippen LogP contribution in [0.25, 0.3) is 0 Å². The minimum absolute atomic E-state index is 0.116. The Balaban J connectivity index is 1.94. The molecule has 1 aromatic carbocycles. The molecule has 20 heavy (non-hydrogen) atoms. The summed E-state index contributed by atoms with van der Waals surface area (Å²) in [5.74, 6) is 1.45. The average molecular weight is 295 g/mol. The Kier molecular flexibility index (Phi) is 3.17. The Morgan fingerprint density at radius 1 is 1.20 bits per heavy atom. The molecule has 0 unspecified atom stereocenters. The number of primary sulfonamides is 1. The Bertz CT molecular complexity index is 622. The van der Waals surface area contributed by atoms with Gasteiger partial charge in [0.2, 0.25) is 10.0 Å². The number of hydrogen-bond acceptors (Lipinski definition) is 4. The quantitative estimate of drug-likeness (QED) is 0.722. The summed E-state index contributed by atoms with van der Waals surface area (Å²) in [5.41, 5.74) is 7.71. The number of rotatable bonds is 5. The Labute approximate surface area is 119 Å². The lowest BCUT2D eigenvalue weighted by molar-refractivity contribution is 0.567. The molecule has 1 aromatic rings. The summed E-state index contributed by atoms with van der Waals surface area (Å²) >= 11 is 0. The molecule has 0 atom stereocenters. The van der Waals surface area contributed by atoms with Gasteiger partial charge in [0.05, 0.1) is 4.90 Å². The van der Waals surface area contributed by atoms with Gasteiger partial charge in [0.25, 0.3) is 0 Å². The third kappa shape index (κ3) is 2.76. The molecule has 2 saturated carbocycles. The normalized spacial score (nSPS) is 19.4. The molecule has 0 bridgehead atoms. The Hall–Kier alpha value is -1.27. The van der Waals surface area contributed by atoms with Crippen molar-refractivity contribution in [1.29, 1.82) is 0 Å². The lowest BCUT2D eigenvalue weighted by Crippen LogP contribution is -2.25. The van der Waals surface area contributed by atoms with Gasteiger partial charge in [0.15, 0.2) is 0 Å². The van der Waals surface area contributed by atoms with Gasteiger partial charge in [-0.2, -0.15) is 0 Å². The zero-order chi connectivity index (χ0) is 14.5. The standard InChI is InChI=1S/C14H21N3O2S/c1-8-12(6-11(15)7-13(8)20(16,18)19)17-14(9-2-3-9)10-4-5-10/h6-7,9-10,14,17H,2-5,15H2,1H3,(H2,16,18,19). The van der Waals surface area contributed by atoms with E-state index in [1.54, 1.807) is 6.92 Å². The molecule has 0 heterocycles. The van der Waals surface area contributed by atoms with Crippen LogP contribution >= 0.6 is 0 Å². The number of anilines is 2. The maximum atomic E-state index is 11.6. The van der Waals surface area contributed by atoms with Gasteiger partial charge >= 0.3 is 0 Å². The van der Waals surface area contributed by atoms with Crippen molar-refractivity contribution in [1.82, 2.24) is 0 Å². The molecular weight excluding hydrogens is 274 g/mol. The summed E-state index contributed by atoms with van der Waals surface area (Å²) in [7, 11) is -3.74. The van der Waals surface area contributed by atoms with Crippen molar-refractivity contribution in [2.75, 3.05) is 11.1 Å². The third-order valence-electron chi connectivity index (χ3n) is 4.27. The molecule has 2 fully saturated rings. The first kappa shape index (κ1) is 13.7. The van der Waals surface area contributed by atoms with Crippen LogP contribution in [-0.2, 0) is 10.0 Å². The van der Waals surface area contributed by atoms with Gasteiger partial charge in [-0.15, -0.1) is 0 Å². The van der Waals surface area contributed by atoms with Gasteiger partial charge in [-0.25, -0.2) is 13.6 Å². The SMILES string of the molecule is Cc1c(NC(C2CC2)C2CC2)cc(N)cc1S(N)(=O)=O. The fourth-order valence-corrected chi connectivity index (χ4v) is 3.70. The molecule has 5 N–H and O–H groups in total. The van der Waals surface area contributed by atoms with Crippen LogP contribution in [0.3, 0.4) is 0 Å². The average Bonchev–Trinajstić information content (AvgIpc) is 3.22. The zero-order valence-electron chi connectivity index (χ0n) is 11.6. The van der Waals surface area contributed by atoms with Crippen molar-refractivity contribution < 1.29 is 8.42 Å². The lowest BCUT2D eigenvalue weighted by atomic mass is 10.1. The number of benzene rings is 1. The topological polar surface area (TPSA) is 98.2 Å². The maximum absolute atomic E-state index is 11.6. The van der Waals surface area contributed by atoms with Crippen LogP contribution in [0.4, 0.5) is 11.4 Å². The van der Waals surface area contributed by atoms with Crippen LogP contribution in [0, 0.1) is 18.8 Å². The summed E-state index contributed by atoms with van der Waals surface area (Å²) in [6.07, 6.45) is 5.05. The van der Waals surface area contributed by atoms with Crippen LogP contribution in [0.15, 0.2) is 17.0 Å². The van der Waals surface area contributed by atoms with Crippen LogP contribution in [0.1, 0.15) is 31.2 Å². The van der Waals surface area contributed by atoms with Gasteiger partial charge in [-0.3, -0.25) is 0 Å². The highest BCUT2D eigenvalue weighted by atomic mass is 32.2. The van der Waals surface area contributed by atoms with E-state index in [0.717, 1.165) is 17.5 Å². The van der Waals surface area contributed by atoms with Crippen LogP contribution in [0.2, 0.25) is 0 Å². The summed E-state index contributed by atoms with van der Waals surface area (Å²) in [6, 6.07) is 3.68. The first-order valence-corrected chi connectivity index (χ1v) is 8.60. The van der Waals surface area contributed by atoms with Gasteiger partial charge < -0.3 is 11.1 Å². The number of nitrogens with two attached hydrogens (primary N) is 2. The first-order chi connectivity index (χ1) is 9.36. The second kappa shape index (κ2) is 4.63. The second-order valence-electron chi connectivity index (χ2n) is 6.08. The van der Waals surface area contributed by atoms with Gasteiger partial charge in [0.1, 0.15) is 0 Å². The van der Waals surface area contributed by atoms with E-state index in [4.69, 9.17) is 10.9 Å². The Morgan fingerprint density at radius 2 is 1.75 bits per heavy atom. The summed E-state index contributed by atoms with van der Waals surface area (Å²) < 4.78 is 23.3. The van der Waals surface area contributed by atoms with Crippen LogP contribution in [-0.4, -0.2) is 14.5 Å². The van der Waals surface area contributed by atoms with Crippen LogP contribution in [0.5, 0.6) is 0 Å². The van der Waals surface area contributed by atoms with E-state index in [0.29, 0.717) is 17.3 Å². The molecule has 5 nitrogen and oxygen atoms in total. The Morgan fingerprint density at radius 3 is 2.20 bits per heavy atom. The minimum atomic E-state index is -3.74. The van der Waals surface area contributed by atoms with Gasteiger partial charge in [-0.1, -0.05) is 0 Å². The van der Waals surface area contributed by atoms with E-state index in [9.17, 15) is 8.42 Å². The van der Waals surface area contributed by atoms with E-state index < -0.39 is 10.0 Å². The maximum Gasteiger partial charge on any atom is 0.238 e. The number of hydrogen-bond donors (Lipinski definition) is 3. The van der Waals surface area contributed by atoms with Crippen molar-refractivity contribution >= 4 is 21.4 Å². The van der Waals surface area contributed by atoms with Crippen molar-refractivity contribution in [2.24, 2.45) is 17.0 Å². The van der Waals surface area contributed by atoms with E-state index in [2.05, 4.69) is 5.32 Å². The third-order valence-corrected chi connectivity index (χ3v) is 5.31. The molecular formula is C14H21N3O2S. The van der Waals surface area contributed by atoms with E-state index in [1.165, 1.54) is 31.7 Å². The molecule has 0 aliphatic heterocycles. The molecule has 2 aliphatic rings. The van der Waals surface area contributed by atoms with Crippen LogP contribution < -0.4 is 16.2 Å². The van der Waals surface area contributed by atoms with E-state index in [-0.39, 0.29) is 4.90 Å². The molecule has 0 amide bonds. The predicted octanol–water partition coefficient (Wildman–Crippen LogP) is 1.83. The molecule has 0 saturated heterocycles. The highest BCUT2D eigenvalue weighted by Crippen LogP contribution is 2.46. The smallest absolute Gasteiger partial charge is 0.238 e. The van der Waals surface area contributed by atoms with Crippen molar-refractivity contribution in [3.8, 4) is 0 Å². The highest BCUT2D eigenvalue weighted by molar-refractivity contribution is 7.89. The van der Waals surface area contributed by atoms with Gasteiger partial charge in [-0.05, 0) is 62.1 Å². The largest absolute Gasteiger partial charge is 0.399 e. The molecule has 0 aromatic heterocycles. The molecule has 0 radical (unpaired) electrons. The lowest BCUT2D eigenvalue weighted by Gasteiger charge is -2.22. The molecule has 6 heteroatoms. The number of nitrogens with one attached hydrogen (secondary N) is 1. The van der Waals surface area contributed by atoms with E-state index in [1.807, 2.05) is 6.07 Å². The summed E-state index contributed by atoms with van der Waals surface area (Å²) in [5, 5.41) is 8.78. The second-order valence-corrected chi connectivity index (χ2v) is 7.61. The van der Waals surface area contributed by atoms with Crippen molar-refractivity contribution in [3.63, 3.8) is 0 Å². The molecule has 3 rings (SSSR count). The fraction of sp³-hybridized carbons (Fsp3) is 0.571. The predicted molar refractivity (Wildman–Crippen MR) is 79.8 cm³/mol. The number of sulfonamides is 1. The zero-order valence-corrected chi connectivity index (χ0v) is 12.4. The summed E-state index contributed by atoms with van der Waals surface area (Å²) in [6.45, 7) is 1.78. The van der Waals surface area contributed by atoms with Crippen molar-refractivity contribution in [2.45, 2.75) is 43.5 Å². The summed E-state index contributed by atoms with van der Waals surface area (Å²) in [4.78, 5) is 0.116. The minimum Gasteiger partial charge on any atom is -0.399 e. The van der Waals surface area contributed by atoms with Crippen molar-refractivity contribution in [3.05, 3.63) is 17.7 Å². The highest BCUT2D eigenvalue weighted by Gasteiger charge is 2.41. The fourth-order valence-electron chi connectivity index (χ4n) is 2.87. The molecule has 110 valence electrons. The number of nitrogen functional groups attached to an aromatic ring is 1. The monoisotopic (exact) mass is 295 g/mol. The molecule has 2 aliphatic carbocycles. The van der Waals surface area contributed by atoms with Gasteiger partial charge in [0, 0.05) is 17.4 Å².